The molecule has 0 aliphatic carbocycles. The Morgan fingerprint density at radius 2 is 1.75 bits per heavy atom. The van der Waals surface area contributed by atoms with Crippen molar-refractivity contribution in [3.05, 3.63) is 125 Å². The van der Waals surface area contributed by atoms with E-state index in [0.29, 0.717) is 23.4 Å². The van der Waals surface area contributed by atoms with E-state index in [4.69, 9.17) is 4.98 Å². The van der Waals surface area contributed by atoms with E-state index < -0.39 is 0 Å². The summed E-state index contributed by atoms with van der Waals surface area (Å²) in [5.74, 6) is 0.142. The molecule has 0 bridgehead atoms. The molecule has 5 rings (SSSR count). The molecule has 0 unspecified atom stereocenters. The highest BCUT2D eigenvalue weighted by atomic mass is 32.2. The molecule has 0 fully saturated rings. The molecule has 7 heteroatoms. The summed E-state index contributed by atoms with van der Waals surface area (Å²) in [7, 11) is 0. The molecular weight excluding hydrogens is 471 g/mol. The lowest BCUT2D eigenvalue weighted by Crippen LogP contribution is -2.26. The van der Waals surface area contributed by atoms with Gasteiger partial charge in [-0.2, -0.15) is 0 Å². The fourth-order valence-corrected chi connectivity index (χ4v) is 5.02. The Morgan fingerprint density at radius 3 is 2.53 bits per heavy atom. The second kappa shape index (κ2) is 10.7. The molecule has 3 aromatic carbocycles. The van der Waals surface area contributed by atoms with Crippen molar-refractivity contribution in [1.82, 2.24) is 19.9 Å². The Kier molecular flexibility index (Phi) is 7.09. The first-order valence-corrected chi connectivity index (χ1v) is 12.7. The zero-order valence-electron chi connectivity index (χ0n) is 19.8. The van der Waals surface area contributed by atoms with Crippen LogP contribution in [0.2, 0.25) is 0 Å². The van der Waals surface area contributed by atoms with E-state index in [1.54, 1.807) is 24.5 Å². The molecule has 1 amide bonds. The minimum Gasteiger partial charge on any atom is -0.346 e. The number of aromatic nitrogens is 3. The lowest BCUT2D eigenvalue weighted by molar-refractivity contribution is 0.0940. The number of benzene rings is 3. The van der Waals surface area contributed by atoms with Crippen molar-refractivity contribution in [3.8, 4) is 0 Å². The van der Waals surface area contributed by atoms with Crippen molar-refractivity contribution < 1.29 is 9.18 Å². The number of hydrogen-bond donors (Lipinski definition) is 1. The van der Waals surface area contributed by atoms with Crippen molar-refractivity contribution in [1.29, 1.82) is 0 Å². The smallest absolute Gasteiger partial charge is 0.251 e. The maximum atomic E-state index is 14.1. The van der Waals surface area contributed by atoms with Gasteiger partial charge in [-0.25, -0.2) is 9.37 Å². The van der Waals surface area contributed by atoms with Crippen molar-refractivity contribution in [2.24, 2.45) is 0 Å². The highest BCUT2D eigenvalue weighted by molar-refractivity contribution is 7.98. The fraction of sp³-hybridized carbons (Fsp3) is 0.138. The average molecular weight is 497 g/mol. The van der Waals surface area contributed by atoms with Crippen LogP contribution in [0.25, 0.3) is 11.0 Å². The maximum absolute atomic E-state index is 14.1. The Bertz CT molecular complexity index is 1480. The zero-order chi connectivity index (χ0) is 24.9. The number of rotatable bonds is 8. The normalized spacial score (nSPS) is 11.9. The van der Waals surface area contributed by atoms with Gasteiger partial charge in [-0.3, -0.25) is 9.78 Å². The quantitative estimate of drug-likeness (QED) is 0.253. The molecule has 180 valence electrons. The topological polar surface area (TPSA) is 59.8 Å². The van der Waals surface area contributed by atoms with Crippen molar-refractivity contribution >= 4 is 28.7 Å². The summed E-state index contributed by atoms with van der Waals surface area (Å²) in [4.78, 5) is 21.8. The highest BCUT2D eigenvalue weighted by Gasteiger charge is 2.15. The zero-order valence-corrected chi connectivity index (χ0v) is 20.6. The van der Waals surface area contributed by atoms with Gasteiger partial charge in [0.25, 0.3) is 5.91 Å². The Labute approximate surface area is 213 Å². The number of nitrogens with one attached hydrogen (secondary N) is 1. The van der Waals surface area contributed by atoms with Gasteiger partial charge < -0.3 is 9.88 Å². The third kappa shape index (κ3) is 5.31. The number of fused-ring (bicyclic) bond motifs is 1. The van der Waals surface area contributed by atoms with Gasteiger partial charge in [0.2, 0.25) is 0 Å². The Morgan fingerprint density at radius 1 is 1.00 bits per heavy atom. The summed E-state index contributed by atoms with van der Waals surface area (Å²) in [6, 6.07) is 26.1. The number of carbonyl (C=O) groups excluding carboxylic acids is 1. The number of amides is 1. The first-order chi connectivity index (χ1) is 17.6. The lowest BCUT2D eigenvalue weighted by atomic mass is 10.1. The SMILES string of the molecule is C[C@H](NC(=O)c1ccc(Cn2c(SCc3ccccc3F)nc3ccncc32)cc1)c1ccccc1. The van der Waals surface area contributed by atoms with Gasteiger partial charge in [0.15, 0.2) is 5.16 Å². The standard InChI is InChI=1S/C29H25FN4OS/c1-20(22-7-3-2-4-8-22)32-28(35)23-13-11-21(12-14-23)18-34-27-17-31-16-15-26(27)33-29(34)36-19-24-9-5-6-10-25(24)30/h2-17,20H,18-19H2,1H3,(H,32,35)/t20-/m0/s1. The number of nitrogens with zero attached hydrogens (tertiary/aromatic N) is 3. The number of halogens is 1. The summed E-state index contributed by atoms with van der Waals surface area (Å²) in [5, 5.41) is 3.84. The molecule has 0 saturated heterocycles. The monoisotopic (exact) mass is 496 g/mol. The number of imidazole rings is 1. The summed E-state index contributed by atoms with van der Waals surface area (Å²) in [5.41, 5.74) is 5.08. The number of pyridine rings is 1. The van der Waals surface area contributed by atoms with Gasteiger partial charge in [-0.05, 0) is 47.9 Å². The number of hydrogen-bond acceptors (Lipinski definition) is 4. The molecule has 1 atom stereocenters. The van der Waals surface area contributed by atoms with Gasteiger partial charge >= 0.3 is 0 Å². The summed E-state index contributed by atoms with van der Waals surface area (Å²) >= 11 is 1.49. The van der Waals surface area contributed by atoms with Crippen molar-refractivity contribution in [2.45, 2.75) is 30.4 Å². The molecule has 0 spiro atoms. The van der Waals surface area contributed by atoms with Crippen molar-refractivity contribution in [2.75, 3.05) is 0 Å². The largest absolute Gasteiger partial charge is 0.346 e. The van der Waals surface area contributed by atoms with Crippen molar-refractivity contribution in [3.63, 3.8) is 0 Å². The second-order valence-electron chi connectivity index (χ2n) is 8.53. The molecule has 0 aliphatic rings. The third-order valence-electron chi connectivity index (χ3n) is 6.03. The van der Waals surface area contributed by atoms with E-state index >= 15 is 0 Å². The second-order valence-corrected chi connectivity index (χ2v) is 9.47. The van der Waals surface area contributed by atoms with Gasteiger partial charge in [0, 0.05) is 17.5 Å². The Balaban J connectivity index is 1.33. The van der Waals surface area contributed by atoms with Crippen LogP contribution in [0.15, 0.2) is 102 Å². The fourth-order valence-electron chi connectivity index (χ4n) is 4.02. The minimum atomic E-state index is -0.218. The molecule has 0 aliphatic heterocycles. The molecule has 5 nitrogen and oxygen atoms in total. The van der Waals surface area contributed by atoms with E-state index in [2.05, 4.69) is 14.9 Å². The van der Waals surface area contributed by atoms with E-state index in [1.165, 1.54) is 17.8 Å². The van der Waals surface area contributed by atoms with Gasteiger partial charge in [-0.15, -0.1) is 0 Å². The summed E-state index contributed by atoms with van der Waals surface area (Å²) in [6.45, 7) is 2.53. The van der Waals surface area contributed by atoms with Crippen LogP contribution in [0.3, 0.4) is 0 Å². The average Bonchev–Trinajstić information content (AvgIpc) is 3.26. The number of carbonyl (C=O) groups is 1. The van der Waals surface area contributed by atoms with Crippen LogP contribution < -0.4 is 5.32 Å². The molecule has 2 heterocycles. The van der Waals surface area contributed by atoms with Crippen LogP contribution in [-0.2, 0) is 12.3 Å². The number of thioether (sulfide) groups is 1. The molecule has 2 aromatic heterocycles. The van der Waals surface area contributed by atoms with Crippen LogP contribution in [0, 0.1) is 5.82 Å². The first-order valence-electron chi connectivity index (χ1n) is 11.7. The van der Waals surface area contributed by atoms with Gasteiger partial charge in [-0.1, -0.05) is 72.4 Å². The maximum Gasteiger partial charge on any atom is 0.251 e. The highest BCUT2D eigenvalue weighted by Crippen LogP contribution is 2.28. The molecule has 5 aromatic rings. The molecule has 0 radical (unpaired) electrons. The lowest BCUT2D eigenvalue weighted by Gasteiger charge is -2.14. The Hall–Kier alpha value is -3.97. The van der Waals surface area contributed by atoms with E-state index in [-0.39, 0.29) is 17.8 Å². The molecule has 36 heavy (non-hydrogen) atoms. The first kappa shape index (κ1) is 23.8. The molecular formula is C29H25FN4OS. The van der Waals surface area contributed by atoms with Crippen LogP contribution >= 0.6 is 11.8 Å². The van der Waals surface area contributed by atoms with Crippen LogP contribution in [0.4, 0.5) is 4.39 Å². The minimum absolute atomic E-state index is 0.0859. The molecule has 0 saturated carbocycles. The predicted octanol–water partition coefficient (Wildman–Crippen LogP) is 6.40. The van der Waals surface area contributed by atoms with Crippen LogP contribution in [0.5, 0.6) is 0 Å². The predicted molar refractivity (Wildman–Crippen MR) is 141 cm³/mol. The van der Waals surface area contributed by atoms with E-state index in [1.807, 2.05) is 73.7 Å². The van der Waals surface area contributed by atoms with Gasteiger partial charge in [0.1, 0.15) is 5.82 Å². The third-order valence-corrected chi connectivity index (χ3v) is 7.06. The summed E-state index contributed by atoms with van der Waals surface area (Å²) in [6.07, 6.45) is 3.51. The van der Waals surface area contributed by atoms with Gasteiger partial charge in [0.05, 0.1) is 29.8 Å². The van der Waals surface area contributed by atoms with Crippen LogP contribution in [0.1, 0.15) is 40.0 Å². The van der Waals surface area contributed by atoms with E-state index in [9.17, 15) is 9.18 Å². The summed E-state index contributed by atoms with van der Waals surface area (Å²) < 4.78 is 16.2. The molecule has 1 N–H and O–H groups in total. The van der Waals surface area contributed by atoms with Crippen LogP contribution in [-0.4, -0.2) is 20.4 Å². The van der Waals surface area contributed by atoms with E-state index in [0.717, 1.165) is 27.3 Å².